The third kappa shape index (κ3) is 4.91. The number of carbonyl (C=O) groups excluding carboxylic acids is 1. The molecule has 0 amide bonds. The minimum Gasteiger partial charge on any atom is -0.469 e. The van der Waals surface area contributed by atoms with Crippen LogP contribution in [0.3, 0.4) is 0 Å². The molecular formula is C12H15F2NO2. The second kappa shape index (κ2) is 6.96. The lowest BCUT2D eigenvalue weighted by molar-refractivity contribution is -0.140. The Labute approximate surface area is 98.8 Å². The van der Waals surface area contributed by atoms with E-state index in [0.717, 1.165) is 5.56 Å². The molecule has 0 fully saturated rings. The molecule has 3 nitrogen and oxygen atoms in total. The van der Waals surface area contributed by atoms with E-state index in [9.17, 15) is 13.6 Å². The Morgan fingerprint density at radius 1 is 1.47 bits per heavy atom. The summed E-state index contributed by atoms with van der Waals surface area (Å²) in [5, 5.41) is 2.99. The predicted molar refractivity (Wildman–Crippen MR) is 59.7 cm³/mol. The van der Waals surface area contributed by atoms with Crippen LogP contribution in [0.15, 0.2) is 24.3 Å². The Hall–Kier alpha value is -1.49. The van der Waals surface area contributed by atoms with E-state index in [1.54, 1.807) is 12.1 Å². The number of benzene rings is 1. The van der Waals surface area contributed by atoms with Crippen molar-refractivity contribution in [2.45, 2.75) is 19.4 Å². The van der Waals surface area contributed by atoms with E-state index in [4.69, 9.17) is 0 Å². The van der Waals surface area contributed by atoms with Crippen molar-refractivity contribution in [3.63, 3.8) is 0 Å². The summed E-state index contributed by atoms with van der Waals surface area (Å²) in [6.07, 6.45) is -2.18. The van der Waals surface area contributed by atoms with Crippen LogP contribution in [-0.4, -0.2) is 19.6 Å². The van der Waals surface area contributed by atoms with Crippen LogP contribution < -0.4 is 5.32 Å². The van der Waals surface area contributed by atoms with Gasteiger partial charge in [0.25, 0.3) is 6.43 Å². The van der Waals surface area contributed by atoms with Gasteiger partial charge in [0.05, 0.1) is 13.5 Å². The first kappa shape index (κ1) is 13.6. The fourth-order valence-electron chi connectivity index (χ4n) is 1.36. The van der Waals surface area contributed by atoms with Crippen LogP contribution in [0.25, 0.3) is 0 Å². The second-order valence-corrected chi connectivity index (χ2v) is 3.55. The van der Waals surface area contributed by atoms with Gasteiger partial charge in [-0.25, -0.2) is 8.78 Å². The quantitative estimate of drug-likeness (QED) is 0.615. The van der Waals surface area contributed by atoms with Crippen molar-refractivity contribution in [2.24, 2.45) is 0 Å². The van der Waals surface area contributed by atoms with E-state index >= 15 is 0 Å². The van der Waals surface area contributed by atoms with Gasteiger partial charge in [0.2, 0.25) is 0 Å². The van der Waals surface area contributed by atoms with Crippen LogP contribution in [0.5, 0.6) is 0 Å². The number of alkyl halides is 2. The van der Waals surface area contributed by atoms with Crippen molar-refractivity contribution in [3.8, 4) is 0 Å². The lowest BCUT2D eigenvalue weighted by Gasteiger charge is -2.06. The molecular weight excluding hydrogens is 228 g/mol. The Morgan fingerprint density at radius 3 is 2.88 bits per heavy atom. The molecule has 0 saturated carbocycles. The van der Waals surface area contributed by atoms with Gasteiger partial charge in [0, 0.05) is 18.7 Å². The van der Waals surface area contributed by atoms with Crippen LogP contribution in [0, 0.1) is 0 Å². The molecule has 0 aliphatic heterocycles. The zero-order chi connectivity index (χ0) is 12.7. The Kier molecular flexibility index (Phi) is 5.56. The van der Waals surface area contributed by atoms with E-state index < -0.39 is 6.43 Å². The third-order valence-electron chi connectivity index (χ3n) is 2.27. The van der Waals surface area contributed by atoms with Crippen molar-refractivity contribution < 1.29 is 18.3 Å². The largest absolute Gasteiger partial charge is 0.469 e. The maximum atomic E-state index is 12.4. The van der Waals surface area contributed by atoms with E-state index in [1.807, 2.05) is 0 Å². The van der Waals surface area contributed by atoms with Crippen LogP contribution >= 0.6 is 0 Å². The van der Waals surface area contributed by atoms with Crippen LogP contribution in [-0.2, 0) is 16.1 Å². The molecule has 0 spiro atoms. The number of ether oxygens (including phenoxy) is 1. The summed E-state index contributed by atoms with van der Waals surface area (Å²) >= 11 is 0. The number of hydrogen-bond acceptors (Lipinski definition) is 3. The van der Waals surface area contributed by atoms with Gasteiger partial charge in [-0.3, -0.25) is 4.79 Å². The van der Waals surface area contributed by atoms with Crippen molar-refractivity contribution in [1.82, 2.24) is 5.32 Å². The standard InChI is InChI=1S/C12H15F2NO2/c1-17-11(16)5-6-15-8-9-3-2-4-10(7-9)12(13)14/h2-4,7,12,15H,5-6,8H2,1H3. The minimum absolute atomic E-state index is 0.0114. The number of methoxy groups -OCH3 is 1. The molecule has 17 heavy (non-hydrogen) atoms. The molecule has 0 atom stereocenters. The van der Waals surface area contributed by atoms with Crippen molar-refractivity contribution in [1.29, 1.82) is 0 Å². The molecule has 1 aromatic carbocycles. The number of nitrogens with one attached hydrogen (secondary N) is 1. The molecule has 0 unspecified atom stereocenters. The van der Waals surface area contributed by atoms with Crippen LogP contribution in [0.4, 0.5) is 8.78 Å². The molecule has 0 aliphatic rings. The number of rotatable bonds is 6. The monoisotopic (exact) mass is 243 g/mol. The number of halogens is 2. The number of carbonyl (C=O) groups is 1. The van der Waals surface area contributed by atoms with Gasteiger partial charge in [0.15, 0.2) is 0 Å². The molecule has 0 aliphatic carbocycles. The van der Waals surface area contributed by atoms with Gasteiger partial charge in [-0.05, 0) is 11.6 Å². The van der Waals surface area contributed by atoms with Gasteiger partial charge >= 0.3 is 5.97 Å². The third-order valence-corrected chi connectivity index (χ3v) is 2.27. The number of hydrogen-bond donors (Lipinski definition) is 1. The summed E-state index contributed by atoms with van der Waals surface area (Å²) in [5.74, 6) is -0.293. The zero-order valence-electron chi connectivity index (χ0n) is 9.58. The average molecular weight is 243 g/mol. The Morgan fingerprint density at radius 2 is 2.24 bits per heavy atom. The lowest BCUT2D eigenvalue weighted by Crippen LogP contribution is -2.18. The first-order valence-corrected chi connectivity index (χ1v) is 5.28. The van der Waals surface area contributed by atoms with Crippen LogP contribution in [0.1, 0.15) is 24.0 Å². The van der Waals surface area contributed by atoms with Gasteiger partial charge in [0.1, 0.15) is 0 Å². The van der Waals surface area contributed by atoms with Gasteiger partial charge in [-0.2, -0.15) is 0 Å². The van der Waals surface area contributed by atoms with Crippen molar-refractivity contribution in [3.05, 3.63) is 35.4 Å². The molecule has 94 valence electrons. The van der Waals surface area contributed by atoms with E-state index in [2.05, 4.69) is 10.1 Å². The summed E-state index contributed by atoms with van der Waals surface area (Å²) in [6, 6.07) is 6.20. The smallest absolute Gasteiger partial charge is 0.306 e. The topological polar surface area (TPSA) is 38.3 Å². The summed E-state index contributed by atoms with van der Waals surface area (Å²) in [6.45, 7) is 0.920. The highest BCUT2D eigenvalue weighted by Gasteiger charge is 2.06. The molecule has 0 radical (unpaired) electrons. The molecule has 0 heterocycles. The summed E-state index contributed by atoms with van der Waals surface area (Å²) in [7, 11) is 1.33. The predicted octanol–water partition coefficient (Wildman–Crippen LogP) is 2.28. The van der Waals surface area contributed by atoms with Crippen LogP contribution in [0.2, 0.25) is 0 Å². The Bertz CT molecular complexity index is 369. The average Bonchev–Trinajstić information content (AvgIpc) is 2.34. The van der Waals surface area contributed by atoms with E-state index in [0.29, 0.717) is 13.1 Å². The van der Waals surface area contributed by atoms with Gasteiger partial charge in [-0.1, -0.05) is 18.2 Å². The highest BCUT2D eigenvalue weighted by Crippen LogP contribution is 2.19. The second-order valence-electron chi connectivity index (χ2n) is 3.55. The Balaban J connectivity index is 2.36. The molecule has 0 aromatic heterocycles. The molecule has 1 rings (SSSR count). The summed E-state index contributed by atoms with van der Waals surface area (Å²) in [4.78, 5) is 10.8. The maximum Gasteiger partial charge on any atom is 0.306 e. The molecule has 0 saturated heterocycles. The molecule has 5 heteroatoms. The molecule has 0 bridgehead atoms. The lowest BCUT2D eigenvalue weighted by atomic mass is 10.1. The fourth-order valence-corrected chi connectivity index (χ4v) is 1.36. The number of esters is 1. The van der Waals surface area contributed by atoms with Gasteiger partial charge < -0.3 is 10.1 Å². The normalized spacial score (nSPS) is 10.6. The zero-order valence-corrected chi connectivity index (χ0v) is 9.58. The van der Waals surface area contributed by atoms with Crippen molar-refractivity contribution in [2.75, 3.05) is 13.7 Å². The minimum atomic E-state index is -2.45. The van der Waals surface area contributed by atoms with E-state index in [-0.39, 0.29) is 18.0 Å². The first-order valence-electron chi connectivity index (χ1n) is 5.28. The van der Waals surface area contributed by atoms with Crippen molar-refractivity contribution >= 4 is 5.97 Å². The van der Waals surface area contributed by atoms with Gasteiger partial charge in [-0.15, -0.1) is 0 Å². The summed E-state index contributed by atoms with van der Waals surface area (Å²) in [5.41, 5.74) is 0.782. The highest BCUT2D eigenvalue weighted by molar-refractivity contribution is 5.69. The SMILES string of the molecule is COC(=O)CCNCc1cccc(C(F)F)c1. The highest BCUT2D eigenvalue weighted by atomic mass is 19.3. The summed E-state index contributed by atoms with van der Waals surface area (Å²) < 4.78 is 29.3. The first-order chi connectivity index (χ1) is 8.13. The van der Waals surface area contributed by atoms with E-state index in [1.165, 1.54) is 19.2 Å². The maximum absolute atomic E-state index is 12.4. The fraction of sp³-hybridized carbons (Fsp3) is 0.417. The molecule has 1 N–H and O–H groups in total. The molecule has 1 aromatic rings.